The van der Waals surface area contributed by atoms with Crippen molar-refractivity contribution < 1.29 is 23.8 Å². The molecule has 60 heavy (non-hydrogen) atoms. The molecule has 0 heterocycles. The van der Waals surface area contributed by atoms with Crippen molar-refractivity contribution in [2.75, 3.05) is 19.8 Å². The third-order valence-corrected chi connectivity index (χ3v) is 10.4. The molecular weight excluding hydrogens is 741 g/mol. The average Bonchev–Trinajstić information content (AvgIpc) is 3.25. The van der Waals surface area contributed by atoms with Crippen LogP contribution in [0.4, 0.5) is 0 Å². The molecule has 0 aromatic rings. The Labute approximate surface area is 371 Å². The van der Waals surface area contributed by atoms with Gasteiger partial charge in [-0.15, -0.1) is 0 Å². The lowest BCUT2D eigenvalue weighted by atomic mass is 10.1. The van der Waals surface area contributed by atoms with Gasteiger partial charge in [-0.05, 0) is 89.9 Å². The van der Waals surface area contributed by atoms with Gasteiger partial charge in [-0.25, -0.2) is 0 Å². The summed E-state index contributed by atoms with van der Waals surface area (Å²) in [6, 6.07) is 0. The van der Waals surface area contributed by atoms with Gasteiger partial charge in [0.2, 0.25) is 0 Å². The quantitative estimate of drug-likeness (QED) is 0.0347. The summed E-state index contributed by atoms with van der Waals surface area (Å²) in [6.45, 7) is 7.57. The first-order valence-electron chi connectivity index (χ1n) is 25.1. The maximum Gasteiger partial charge on any atom is 0.306 e. The second-order valence-corrected chi connectivity index (χ2v) is 16.3. The first kappa shape index (κ1) is 57.1. The summed E-state index contributed by atoms with van der Waals surface area (Å²) in [7, 11) is 0. The summed E-state index contributed by atoms with van der Waals surface area (Å²) in [5.41, 5.74) is 0. The lowest BCUT2D eigenvalue weighted by molar-refractivity contribution is -0.163. The van der Waals surface area contributed by atoms with Gasteiger partial charge in [0.25, 0.3) is 0 Å². The number of carbonyl (C=O) groups excluding carboxylic acids is 2. The summed E-state index contributed by atoms with van der Waals surface area (Å²) in [5.74, 6) is -0.429. The Morgan fingerprint density at radius 1 is 0.383 bits per heavy atom. The van der Waals surface area contributed by atoms with Gasteiger partial charge in [0.05, 0.1) is 6.61 Å². The molecule has 0 aromatic heterocycles. The summed E-state index contributed by atoms with van der Waals surface area (Å²) in [4.78, 5) is 25.3. The van der Waals surface area contributed by atoms with Crippen LogP contribution in [0.25, 0.3) is 0 Å². The van der Waals surface area contributed by atoms with Crippen molar-refractivity contribution in [1.82, 2.24) is 0 Å². The van der Waals surface area contributed by atoms with Crippen LogP contribution in [0, 0.1) is 0 Å². The Morgan fingerprint density at radius 2 is 0.783 bits per heavy atom. The minimum atomic E-state index is -0.556. The van der Waals surface area contributed by atoms with Gasteiger partial charge in [-0.3, -0.25) is 9.59 Å². The SMILES string of the molecule is CC/C=C\C/C=C\C/C=C\C/C=C\C/C=C\CCCCCCOCC(COC(=O)CCCCCCC/C=C\C/C=C\CCC)OC(=O)CCCCCCCCCCCCC. The largest absolute Gasteiger partial charge is 0.462 e. The van der Waals surface area contributed by atoms with E-state index in [0.717, 1.165) is 103 Å². The number of esters is 2. The van der Waals surface area contributed by atoms with Gasteiger partial charge in [0.1, 0.15) is 6.61 Å². The lowest BCUT2D eigenvalue weighted by Gasteiger charge is -2.18. The minimum Gasteiger partial charge on any atom is -0.462 e. The Morgan fingerprint density at radius 3 is 1.27 bits per heavy atom. The monoisotopic (exact) mass is 835 g/mol. The minimum absolute atomic E-state index is 0.0655. The molecule has 5 nitrogen and oxygen atoms in total. The summed E-state index contributed by atoms with van der Waals surface area (Å²) < 4.78 is 17.3. The van der Waals surface area contributed by atoms with Gasteiger partial charge in [-0.2, -0.15) is 0 Å². The van der Waals surface area contributed by atoms with Crippen LogP contribution in [0.15, 0.2) is 85.1 Å². The molecule has 0 saturated heterocycles. The molecule has 0 radical (unpaired) electrons. The van der Waals surface area contributed by atoms with Crippen molar-refractivity contribution in [3.8, 4) is 0 Å². The van der Waals surface area contributed by atoms with E-state index in [-0.39, 0.29) is 25.2 Å². The fraction of sp³-hybridized carbons (Fsp3) is 0.709. The summed E-state index contributed by atoms with van der Waals surface area (Å²) in [6.07, 6.45) is 65.9. The molecule has 5 heteroatoms. The molecular formula is C55H94O5. The Balaban J connectivity index is 4.31. The first-order chi connectivity index (χ1) is 29.6. The van der Waals surface area contributed by atoms with Gasteiger partial charge in [-0.1, -0.05) is 209 Å². The molecule has 0 spiro atoms. The highest BCUT2D eigenvalue weighted by Crippen LogP contribution is 2.14. The van der Waals surface area contributed by atoms with Gasteiger partial charge in [0, 0.05) is 19.4 Å². The normalized spacial score (nSPS) is 12.9. The Hall–Kier alpha value is -2.92. The zero-order valence-electron chi connectivity index (χ0n) is 39.5. The second kappa shape index (κ2) is 50.4. The smallest absolute Gasteiger partial charge is 0.306 e. The number of hydrogen-bond donors (Lipinski definition) is 0. The lowest BCUT2D eigenvalue weighted by Crippen LogP contribution is -2.30. The van der Waals surface area contributed by atoms with E-state index < -0.39 is 6.10 Å². The molecule has 0 aromatic carbocycles. The van der Waals surface area contributed by atoms with E-state index in [9.17, 15) is 9.59 Å². The zero-order chi connectivity index (χ0) is 43.5. The maximum atomic E-state index is 12.8. The van der Waals surface area contributed by atoms with Gasteiger partial charge >= 0.3 is 11.9 Å². The first-order valence-corrected chi connectivity index (χ1v) is 25.1. The molecule has 0 aliphatic rings. The fourth-order valence-corrected chi connectivity index (χ4v) is 6.69. The van der Waals surface area contributed by atoms with Crippen molar-refractivity contribution in [1.29, 1.82) is 0 Å². The van der Waals surface area contributed by atoms with Crippen LogP contribution in [0.5, 0.6) is 0 Å². The number of carbonyl (C=O) groups is 2. The molecule has 0 fully saturated rings. The molecule has 0 amide bonds. The van der Waals surface area contributed by atoms with E-state index in [1.165, 1.54) is 89.9 Å². The average molecular weight is 835 g/mol. The van der Waals surface area contributed by atoms with E-state index in [1.54, 1.807) is 0 Å². The topological polar surface area (TPSA) is 61.8 Å². The molecule has 0 saturated carbocycles. The predicted molar refractivity (Wildman–Crippen MR) is 260 cm³/mol. The van der Waals surface area contributed by atoms with Crippen LogP contribution < -0.4 is 0 Å². The van der Waals surface area contributed by atoms with Crippen molar-refractivity contribution in [3.05, 3.63) is 85.1 Å². The Bertz CT molecular complexity index is 1130. The van der Waals surface area contributed by atoms with E-state index in [4.69, 9.17) is 14.2 Å². The van der Waals surface area contributed by atoms with E-state index >= 15 is 0 Å². The van der Waals surface area contributed by atoms with Gasteiger partial charge in [0.15, 0.2) is 6.10 Å². The van der Waals surface area contributed by atoms with Crippen molar-refractivity contribution in [2.45, 2.75) is 232 Å². The molecule has 0 N–H and O–H groups in total. The van der Waals surface area contributed by atoms with Crippen molar-refractivity contribution in [2.24, 2.45) is 0 Å². The number of rotatable bonds is 45. The summed E-state index contributed by atoms with van der Waals surface area (Å²) >= 11 is 0. The fourth-order valence-electron chi connectivity index (χ4n) is 6.69. The molecule has 0 rings (SSSR count). The van der Waals surface area contributed by atoms with Crippen LogP contribution in [-0.4, -0.2) is 37.9 Å². The highest BCUT2D eigenvalue weighted by atomic mass is 16.6. The van der Waals surface area contributed by atoms with Crippen LogP contribution in [-0.2, 0) is 23.8 Å². The predicted octanol–water partition coefficient (Wildman–Crippen LogP) is 16.9. The third kappa shape index (κ3) is 47.8. The molecule has 1 atom stereocenters. The van der Waals surface area contributed by atoms with Crippen LogP contribution >= 0.6 is 0 Å². The molecule has 1 unspecified atom stereocenters. The standard InChI is InChI=1S/C55H94O5/c1-4-7-10-13-16-19-22-24-25-26-27-28-29-30-32-35-38-41-44-47-50-58-51-53(60-55(57)49-46-43-40-37-33-21-18-15-12-9-6-3)52-59-54(56)48-45-42-39-36-34-31-23-20-17-14-11-8-5-2/h7,10-11,14,16,19-20,23-25,27-28,30,32,53H,4-6,8-9,12-13,15,17-18,21-22,26,29,31,33-52H2,1-3H3/b10-7-,14-11-,19-16-,23-20-,25-24-,28-27-,32-30-. The Kier molecular flexibility index (Phi) is 48.0. The molecule has 0 aliphatic carbocycles. The van der Waals surface area contributed by atoms with Crippen molar-refractivity contribution in [3.63, 3.8) is 0 Å². The van der Waals surface area contributed by atoms with Crippen LogP contribution in [0.1, 0.15) is 226 Å². The van der Waals surface area contributed by atoms with Crippen LogP contribution in [0.2, 0.25) is 0 Å². The number of ether oxygens (including phenoxy) is 3. The number of hydrogen-bond acceptors (Lipinski definition) is 5. The maximum absolute atomic E-state index is 12.8. The summed E-state index contributed by atoms with van der Waals surface area (Å²) in [5, 5.41) is 0. The van der Waals surface area contributed by atoms with E-state index in [2.05, 4.69) is 106 Å². The van der Waals surface area contributed by atoms with E-state index in [0.29, 0.717) is 19.4 Å². The second-order valence-electron chi connectivity index (χ2n) is 16.3. The molecule has 0 bridgehead atoms. The van der Waals surface area contributed by atoms with Crippen LogP contribution in [0.3, 0.4) is 0 Å². The van der Waals surface area contributed by atoms with Gasteiger partial charge < -0.3 is 14.2 Å². The van der Waals surface area contributed by atoms with E-state index in [1.807, 2.05) is 0 Å². The zero-order valence-corrected chi connectivity index (χ0v) is 39.5. The third-order valence-electron chi connectivity index (χ3n) is 10.4. The number of unbranched alkanes of at least 4 members (excludes halogenated alkanes) is 20. The number of allylic oxidation sites excluding steroid dienone is 14. The molecule has 0 aliphatic heterocycles. The van der Waals surface area contributed by atoms with Crippen molar-refractivity contribution >= 4 is 11.9 Å². The highest BCUT2D eigenvalue weighted by Gasteiger charge is 2.17. The molecule has 344 valence electrons. The highest BCUT2D eigenvalue weighted by molar-refractivity contribution is 5.70.